The lowest BCUT2D eigenvalue weighted by molar-refractivity contribution is 0.0360. The second-order valence-electron chi connectivity index (χ2n) is 5.93. The Morgan fingerprint density at radius 1 is 1.22 bits per heavy atom. The van der Waals surface area contributed by atoms with E-state index in [2.05, 4.69) is 24.1 Å². The van der Waals surface area contributed by atoms with Gasteiger partial charge in [-0.3, -0.25) is 4.90 Å². The molecule has 0 amide bonds. The van der Waals surface area contributed by atoms with Gasteiger partial charge in [0.2, 0.25) is 0 Å². The highest BCUT2D eigenvalue weighted by Crippen LogP contribution is 2.19. The van der Waals surface area contributed by atoms with Crippen LogP contribution in [-0.4, -0.2) is 49.3 Å². The van der Waals surface area contributed by atoms with Gasteiger partial charge in [-0.25, -0.2) is 0 Å². The fourth-order valence-corrected chi connectivity index (χ4v) is 3.36. The Hall–Kier alpha value is -0.120. The summed E-state index contributed by atoms with van der Waals surface area (Å²) in [5, 5.41) is 3.73. The zero-order valence-electron chi connectivity index (χ0n) is 12.2. The van der Waals surface area contributed by atoms with Crippen LogP contribution in [0, 0.1) is 0 Å². The summed E-state index contributed by atoms with van der Waals surface area (Å²) in [6.45, 7) is 9.11. The maximum absolute atomic E-state index is 5.82. The molecule has 0 aromatic rings. The molecule has 3 heteroatoms. The molecule has 2 rings (SSSR count). The maximum Gasteiger partial charge on any atom is 0.0702 e. The summed E-state index contributed by atoms with van der Waals surface area (Å²) in [5.74, 6) is 0. The van der Waals surface area contributed by atoms with Crippen LogP contribution in [0.4, 0.5) is 0 Å². The minimum Gasteiger partial charge on any atom is -0.377 e. The van der Waals surface area contributed by atoms with Crippen LogP contribution < -0.4 is 5.32 Å². The number of hydrogen-bond acceptors (Lipinski definition) is 3. The molecule has 0 saturated carbocycles. The highest BCUT2D eigenvalue weighted by Gasteiger charge is 2.29. The number of piperazine rings is 1. The molecule has 3 nitrogen and oxygen atoms in total. The average molecular weight is 254 g/mol. The Morgan fingerprint density at radius 2 is 2.06 bits per heavy atom. The van der Waals surface area contributed by atoms with E-state index in [4.69, 9.17) is 4.74 Å². The summed E-state index contributed by atoms with van der Waals surface area (Å²) >= 11 is 0. The van der Waals surface area contributed by atoms with Crippen molar-refractivity contribution in [1.82, 2.24) is 10.2 Å². The monoisotopic (exact) mass is 254 g/mol. The van der Waals surface area contributed by atoms with Gasteiger partial charge in [-0.2, -0.15) is 0 Å². The third-order valence-electron chi connectivity index (χ3n) is 4.33. The van der Waals surface area contributed by atoms with E-state index in [1.165, 1.54) is 51.6 Å². The Morgan fingerprint density at radius 3 is 2.72 bits per heavy atom. The molecule has 18 heavy (non-hydrogen) atoms. The zero-order valence-corrected chi connectivity index (χ0v) is 12.2. The van der Waals surface area contributed by atoms with Crippen molar-refractivity contribution in [2.75, 3.05) is 26.2 Å². The van der Waals surface area contributed by atoms with Gasteiger partial charge in [0.05, 0.1) is 6.10 Å². The molecule has 2 aliphatic heterocycles. The summed E-state index contributed by atoms with van der Waals surface area (Å²) in [6, 6.07) is 1.43. The molecule has 2 aliphatic rings. The molecule has 2 heterocycles. The topological polar surface area (TPSA) is 24.5 Å². The van der Waals surface area contributed by atoms with Crippen molar-refractivity contribution < 1.29 is 4.74 Å². The van der Waals surface area contributed by atoms with E-state index in [-0.39, 0.29) is 0 Å². The normalized spacial score (nSPS) is 34.0. The van der Waals surface area contributed by atoms with Gasteiger partial charge in [-0.1, -0.05) is 26.7 Å². The Labute approximate surface area is 112 Å². The lowest BCUT2D eigenvalue weighted by Gasteiger charge is -2.41. The number of nitrogens with zero attached hydrogens (tertiary/aromatic N) is 1. The van der Waals surface area contributed by atoms with E-state index in [9.17, 15) is 0 Å². The lowest BCUT2D eigenvalue weighted by atomic mass is 10.0. The SMILES string of the molecule is CCCC1CN(CC2CCCO2)C(CCC)CN1. The summed E-state index contributed by atoms with van der Waals surface area (Å²) in [7, 11) is 0. The van der Waals surface area contributed by atoms with E-state index >= 15 is 0 Å². The summed E-state index contributed by atoms with van der Waals surface area (Å²) in [5.41, 5.74) is 0. The Kier molecular flexibility index (Phi) is 5.93. The maximum atomic E-state index is 5.82. The van der Waals surface area contributed by atoms with Gasteiger partial charge in [0, 0.05) is 38.3 Å². The summed E-state index contributed by atoms with van der Waals surface area (Å²) in [4.78, 5) is 2.70. The molecule has 0 radical (unpaired) electrons. The zero-order chi connectivity index (χ0) is 12.8. The molecule has 0 bridgehead atoms. The van der Waals surface area contributed by atoms with Crippen LogP contribution >= 0.6 is 0 Å². The van der Waals surface area contributed by atoms with Gasteiger partial charge in [0.1, 0.15) is 0 Å². The molecule has 0 spiro atoms. The largest absolute Gasteiger partial charge is 0.377 e. The summed E-state index contributed by atoms with van der Waals surface area (Å²) in [6.07, 6.45) is 8.22. The van der Waals surface area contributed by atoms with Gasteiger partial charge in [0.25, 0.3) is 0 Å². The van der Waals surface area contributed by atoms with Crippen LogP contribution in [0.1, 0.15) is 52.4 Å². The van der Waals surface area contributed by atoms with E-state index < -0.39 is 0 Å². The third kappa shape index (κ3) is 3.94. The van der Waals surface area contributed by atoms with Crippen LogP contribution in [-0.2, 0) is 4.74 Å². The number of rotatable bonds is 6. The molecule has 3 atom stereocenters. The van der Waals surface area contributed by atoms with Gasteiger partial charge >= 0.3 is 0 Å². The standard InChI is InChI=1S/C15H30N2O/c1-3-6-13-11-17(12-15-8-5-9-18-15)14(7-4-2)10-16-13/h13-16H,3-12H2,1-2H3. The van der Waals surface area contributed by atoms with Gasteiger partial charge in [-0.15, -0.1) is 0 Å². The smallest absolute Gasteiger partial charge is 0.0702 e. The van der Waals surface area contributed by atoms with Gasteiger partial charge < -0.3 is 10.1 Å². The first-order chi connectivity index (χ1) is 8.83. The summed E-state index contributed by atoms with van der Waals surface area (Å²) < 4.78 is 5.82. The average Bonchev–Trinajstić information content (AvgIpc) is 2.86. The molecule has 106 valence electrons. The number of ether oxygens (including phenoxy) is 1. The lowest BCUT2D eigenvalue weighted by Crippen LogP contribution is -2.57. The number of hydrogen-bond donors (Lipinski definition) is 1. The second kappa shape index (κ2) is 7.46. The molecule has 2 fully saturated rings. The van der Waals surface area contributed by atoms with E-state index in [1.807, 2.05) is 0 Å². The van der Waals surface area contributed by atoms with E-state index in [0.717, 1.165) is 19.2 Å². The van der Waals surface area contributed by atoms with Crippen molar-refractivity contribution in [2.24, 2.45) is 0 Å². The predicted molar refractivity (Wildman–Crippen MR) is 75.9 cm³/mol. The molecule has 0 aliphatic carbocycles. The molecular formula is C15H30N2O. The molecular weight excluding hydrogens is 224 g/mol. The second-order valence-corrected chi connectivity index (χ2v) is 5.93. The van der Waals surface area contributed by atoms with Crippen LogP contribution in [0.25, 0.3) is 0 Å². The van der Waals surface area contributed by atoms with Crippen molar-refractivity contribution >= 4 is 0 Å². The van der Waals surface area contributed by atoms with Gasteiger partial charge in [-0.05, 0) is 25.7 Å². The van der Waals surface area contributed by atoms with Crippen molar-refractivity contribution in [1.29, 1.82) is 0 Å². The molecule has 0 aromatic heterocycles. The molecule has 3 unspecified atom stereocenters. The first-order valence-electron chi connectivity index (χ1n) is 7.92. The Bertz CT molecular complexity index is 229. The third-order valence-corrected chi connectivity index (χ3v) is 4.33. The first-order valence-corrected chi connectivity index (χ1v) is 7.92. The predicted octanol–water partition coefficient (Wildman–Crippen LogP) is 2.41. The van der Waals surface area contributed by atoms with Crippen LogP contribution in [0.2, 0.25) is 0 Å². The highest BCUT2D eigenvalue weighted by atomic mass is 16.5. The fourth-order valence-electron chi connectivity index (χ4n) is 3.36. The van der Waals surface area contributed by atoms with Crippen LogP contribution in [0.15, 0.2) is 0 Å². The first kappa shape index (κ1) is 14.3. The van der Waals surface area contributed by atoms with Crippen molar-refractivity contribution in [3.8, 4) is 0 Å². The van der Waals surface area contributed by atoms with E-state index in [0.29, 0.717) is 12.1 Å². The quantitative estimate of drug-likeness (QED) is 0.788. The van der Waals surface area contributed by atoms with Crippen molar-refractivity contribution in [3.63, 3.8) is 0 Å². The number of nitrogens with one attached hydrogen (secondary N) is 1. The van der Waals surface area contributed by atoms with Crippen LogP contribution in [0.5, 0.6) is 0 Å². The minimum absolute atomic E-state index is 0.504. The minimum atomic E-state index is 0.504. The molecule has 0 aromatic carbocycles. The molecule has 2 saturated heterocycles. The Balaban J connectivity index is 1.86. The molecule has 1 N–H and O–H groups in total. The van der Waals surface area contributed by atoms with Crippen molar-refractivity contribution in [3.05, 3.63) is 0 Å². The van der Waals surface area contributed by atoms with E-state index in [1.54, 1.807) is 0 Å². The van der Waals surface area contributed by atoms with Gasteiger partial charge in [0.15, 0.2) is 0 Å². The fraction of sp³-hybridized carbons (Fsp3) is 1.00. The highest BCUT2D eigenvalue weighted by molar-refractivity contribution is 4.87. The van der Waals surface area contributed by atoms with Crippen molar-refractivity contribution in [2.45, 2.75) is 70.6 Å². The van der Waals surface area contributed by atoms with Crippen LogP contribution in [0.3, 0.4) is 0 Å².